The van der Waals surface area contributed by atoms with Crippen molar-refractivity contribution < 1.29 is 13.2 Å². The van der Waals surface area contributed by atoms with Crippen LogP contribution in [-0.2, 0) is 9.84 Å². The number of nitrogens with one attached hydrogen (secondary N) is 1. The average molecular weight is 330 g/mol. The van der Waals surface area contributed by atoms with E-state index < -0.39 is 9.84 Å². The average Bonchev–Trinajstić information content (AvgIpc) is 3.23. The first kappa shape index (κ1) is 15.0. The molecule has 1 aromatic carbocycles. The Balaban J connectivity index is 1.86. The van der Waals surface area contributed by atoms with Gasteiger partial charge in [0.15, 0.2) is 9.84 Å². The highest BCUT2D eigenvalue weighted by molar-refractivity contribution is 7.91. The van der Waals surface area contributed by atoms with Crippen LogP contribution in [0.3, 0.4) is 0 Å². The van der Waals surface area contributed by atoms with Crippen molar-refractivity contribution in [2.45, 2.75) is 37.6 Å². The van der Waals surface area contributed by atoms with Gasteiger partial charge in [-0.2, -0.15) is 0 Å². The summed E-state index contributed by atoms with van der Waals surface area (Å²) in [5.74, 6) is 1.69. The Hall–Kier alpha value is -0.940. The topological polar surface area (TPSA) is 55.4 Å². The van der Waals surface area contributed by atoms with Crippen LogP contribution in [0.15, 0.2) is 12.1 Å². The third kappa shape index (κ3) is 3.46. The first-order valence-electron chi connectivity index (χ1n) is 7.33. The molecule has 0 amide bonds. The van der Waals surface area contributed by atoms with E-state index in [1.807, 2.05) is 12.1 Å². The van der Waals surface area contributed by atoms with Gasteiger partial charge in [-0.1, -0.05) is 11.6 Å². The lowest BCUT2D eigenvalue weighted by molar-refractivity contribution is 0.415. The molecule has 21 heavy (non-hydrogen) atoms. The Bertz CT molecular complexity index is 641. The molecular formula is C15H20ClNO3S. The normalized spacial score (nSPS) is 24.6. The maximum atomic E-state index is 11.8. The SMILES string of the molecule is COc1cc(NC2CCCS(=O)(=O)C2)c(C2CC2)cc1Cl. The number of rotatable bonds is 4. The smallest absolute Gasteiger partial charge is 0.152 e. The van der Waals surface area contributed by atoms with Crippen LogP contribution >= 0.6 is 11.6 Å². The van der Waals surface area contributed by atoms with Gasteiger partial charge in [-0.15, -0.1) is 0 Å². The molecular weight excluding hydrogens is 310 g/mol. The fraction of sp³-hybridized carbons (Fsp3) is 0.600. The molecule has 1 atom stereocenters. The van der Waals surface area contributed by atoms with Gasteiger partial charge in [0.2, 0.25) is 0 Å². The number of halogens is 1. The van der Waals surface area contributed by atoms with Crippen molar-refractivity contribution in [1.29, 1.82) is 0 Å². The highest BCUT2D eigenvalue weighted by Crippen LogP contribution is 2.46. The second kappa shape index (κ2) is 5.69. The fourth-order valence-electron chi connectivity index (χ4n) is 2.94. The zero-order valence-corrected chi connectivity index (χ0v) is 13.6. The Labute approximate surface area is 130 Å². The summed E-state index contributed by atoms with van der Waals surface area (Å²) in [6.45, 7) is 0. The lowest BCUT2D eigenvalue weighted by Gasteiger charge is -2.25. The van der Waals surface area contributed by atoms with Crippen LogP contribution in [0, 0.1) is 0 Å². The molecule has 116 valence electrons. The van der Waals surface area contributed by atoms with Crippen molar-refractivity contribution in [3.05, 3.63) is 22.7 Å². The van der Waals surface area contributed by atoms with Crippen molar-refractivity contribution in [3.63, 3.8) is 0 Å². The van der Waals surface area contributed by atoms with Crippen molar-refractivity contribution >= 4 is 27.1 Å². The molecule has 2 aliphatic rings. The van der Waals surface area contributed by atoms with E-state index in [9.17, 15) is 8.42 Å². The van der Waals surface area contributed by atoms with E-state index in [4.69, 9.17) is 16.3 Å². The number of benzene rings is 1. The van der Waals surface area contributed by atoms with Gasteiger partial charge in [0.25, 0.3) is 0 Å². The molecule has 2 fully saturated rings. The van der Waals surface area contributed by atoms with E-state index in [1.165, 1.54) is 18.4 Å². The molecule has 6 heteroatoms. The number of anilines is 1. The highest BCUT2D eigenvalue weighted by atomic mass is 35.5. The Morgan fingerprint density at radius 3 is 2.67 bits per heavy atom. The second-order valence-corrected chi connectivity index (χ2v) is 8.58. The van der Waals surface area contributed by atoms with E-state index in [0.717, 1.165) is 18.5 Å². The standard InChI is InChI=1S/C15H20ClNO3S/c1-20-15-8-14(12(7-13(15)16)10-4-5-10)17-11-3-2-6-21(18,19)9-11/h7-8,10-11,17H,2-6,9H2,1H3. The number of hydrogen-bond acceptors (Lipinski definition) is 4. The summed E-state index contributed by atoms with van der Waals surface area (Å²) in [5.41, 5.74) is 2.16. The minimum Gasteiger partial charge on any atom is -0.495 e. The maximum Gasteiger partial charge on any atom is 0.152 e. The summed E-state index contributed by atoms with van der Waals surface area (Å²) in [5, 5.41) is 4.02. The monoisotopic (exact) mass is 329 g/mol. The molecule has 1 aromatic rings. The van der Waals surface area contributed by atoms with E-state index in [-0.39, 0.29) is 11.8 Å². The Morgan fingerprint density at radius 1 is 1.29 bits per heavy atom. The van der Waals surface area contributed by atoms with Gasteiger partial charge < -0.3 is 10.1 Å². The lowest BCUT2D eigenvalue weighted by atomic mass is 10.1. The summed E-state index contributed by atoms with van der Waals surface area (Å²) < 4.78 is 28.8. The Morgan fingerprint density at radius 2 is 2.05 bits per heavy atom. The number of ether oxygens (including phenoxy) is 1. The number of hydrogen-bond donors (Lipinski definition) is 1. The molecule has 1 N–H and O–H groups in total. The van der Waals surface area contributed by atoms with Crippen molar-refractivity contribution in [1.82, 2.24) is 0 Å². The van der Waals surface area contributed by atoms with Crippen molar-refractivity contribution in [2.24, 2.45) is 0 Å². The number of methoxy groups -OCH3 is 1. The van der Waals surface area contributed by atoms with E-state index in [2.05, 4.69) is 5.32 Å². The fourth-order valence-corrected chi connectivity index (χ4v) is 4.82. The summed E-state index contributed by atoms with van der Waals surface area (Å²) in [6.07, 6.45) is 3.94. The molecule has 1 unspecified atom stereocenters. The highest BCUT2D eigenvalue weighted by Gasteiger charge is 2.30. The first-order chi connectivity index (χ1) is 9.98. The zero-order chi connectivity index (χ0) is 15.0. The van der Waals surface area contributed by atoms with Crippen LogP contribution in [0.4, 0.5) is 5.69 Å². The lowest BCUT2D eigenvalue weighted by Crippen LogP contribution is -2.35. The molecule has 1 saturated heterocycles. The summed E-state index contributed by atoms with van der Waals surface area (Å²) in [4.78, 5) is 0. The predicted molar refractivity (Wildman–Crippen MR) is 85.3 cm³/mol. The molecule has 4 nitrogen and oxygen atoms in total. The largest absolute Gasteiger partial charge is 0.495 e. The molecule has 1 aliphatic carbocycles. The summed E-state index contributed by atoms with van der Waals surface area (Å²) in [6, 6.07) is 3.83. The zero-order valence-electron chi connectivity index (χ0n) is 12.1. The third-order valence-corrected chi connectivity index (χ3v) is 6.28. The van der Waals surface area contributed by atoms with Crippen LogP contribution in [0.1, 0.15) is 37.2 Å². The van der Waals surface area contributed by atoms with Crippen molar-refractivity contribution in [2.75, 3.05) is 23.9 Å². The van der Waals surface area contributed by atoms with Gasteiger partial charge in [0.1, 0.15) is 5.75 Å². The molecule has 0 spiro atoms. The molecule has 0 bridgehead atoms. The minimum atomic E-state index is -2.91. The van der Waals surface area contributed by atoms with Crippen LogP contribution < -0.4 is 10.1 Å². The molecule has 3 rings (SSSR count). The molecule has 1 saturated carbocycles. The summed E-state index contributed by atoms with van der Waals surface area (Å²) >= 11 is 6.21. The van der Waals surface area contributed by atoms with Gasteiger partial charge in [-0.25, -0.2) is 8.42 Å². The van der Waals surface area contributed by atoms with E-state index >= 15 is 0 Å². The molecule has 0 aromatic heterocycles. The molecule has 1 aliphatic heterocycles. The van der Waals surface area contributed by atoms with Crippen LogP contribution in [0.2, 0.25) is 5.02 Å². The van der Waals surface area contributed by atoms with Gasteiger partial charge in [-0.05, 0) is 43.2 Å². The third-order valence-electron chi connectivity index (χ3n) is 4.16. The van der Waals surface area contributed by atoms with Gasteiger partial charge >= 0.3 is 0 Å². The molecule has 0 radical (unpaired) electrons. The predicted octanol–water partition coefficient (Wildman–Crippen LogP) is 3.22. The quantitative estimate of drug-likeness (QED) is 0.921. The van der Waals surface area contributed by atoms with Crippen LogP contribution in [0.25, 0.3) is 0 Å². The Kier molecular flexibility index (Phi) is 4.06. The first-order valence-corrected chi connectivity index (χ1v) is 9.53. The van der Waals surface area contributed by atoms with Gasteiger partial charge in [0.05, 0.1) is 23.6 Å². The minimum absolute atomic E-state index is 0.0212. The van der Waals surface area contributed by atoms with E-state index in [1.54, 1.807) is 7.11 Å². The van der Waals surface area contributed by atoms with Crippen molar-refractivity contribution in [3.8, 4) is 5.75 Å². The van der Waals surface area contributed by atoms with E-state index in [0.29, 0.717) is 22.4 Å². The summed E-state index contributed by atoms with van der Waals surface area (Å²) in [7, 11) is -1.32. The van der Waals surface area contributed by atoms with Gasteiger partial charge in [0, 0.05) is 17.8 Å². The second-order valence-electron chi connectivity index (χ2n) is 5.95. The number of sulfone groups is 1. The van der Waals surface area contributed by atoms with Crippen LogP contribution in [-0.4, -0.2) is 33.1 Å². The van der Waals surface area contributed by atoms with Gasteiger partial charge in [-0.3, -0.25) is 0 Å². The maximum absolute atomic E-state index is 11.8. The van der Waals surface area contributed by atoms with Crippen LogP contribution in [0.5, 0.6) is 5.75 Å². The molecule has 1 heterocycles.